The lowest BCUT2D eigenvalue weighted by Crippen LogP contribution is -2.21. The van der Waals surface area contributed by atoms with E-state index >= 15 is 0 Å². The number of methoxy groups -OCH3 is 1. The van der Waals surface area contributed by atoms with Gasteiger partial charge in [0, 0.05) is 57.2 Å². The fourth-order valence-corrected chi connectivity index (χ4v) is 10.9. The first kappa shape index (κ1) is 62.3. The van der Waals surface area contributed by atoms with Crippen LogP contribution in [0.25, 0.3) is 0 Å². The monoisotopic (exact) mass is 1210 g/mol. The second kappa shape index (κ2) is 27.4. The molecule has 8 aromatic rings. The molecule has 4 aliphatic heterocycles. The number of cyclic esters (lactones) is 3. The summed E-state index contributed by atoms with van der Waals surface area (Å²) in [6.45, 7) is 1.75. The van der Waals surface area contributed by atoms with Gasteiger partial charge in [0.15, 0.2) is 33.0 Å². The van der Waals surface area contributed by atoms with E-state index in [1.165, 1.54) is 43.5 Å². The van der Waals surface area contributed by atoms with Crippen molar-refractivity contribution < 1.29 is 70.5 Å². The molecule has 0 aliphatic carbocycles. The number of benzene rings is 8. The maximum atomic E-state index is 12.6. The largest absolute Gasteiger partial charge is 0.465 e. The lowest BCUT2D eigenvalue weighted by atomic mass is 9.89. The molecule has 18 nitrogen and oxygen atoms in total. The molecule has 1 amide bonds. The van der Waals surface area contributed by atoms with Gasteiger partial charge in [-0.2, -0.15) is 10.5 Å². The normalized spacial score (nSPS) is 16.4. The minimum absolute atomic E-state index is 0.0287. The van der Waals surface area contributed by atoms with E-state index in [1.807, 2.05) is 48.5 Å². The number of rotatable bonds is 14. The van der Waals surface area contributed by atoms with Crippen LogP contribution in [0.2, 0.25) is 0 Å². The number of Topliss-reactive ketones (excluding diaryl/α,β-unsaturated/α-hetero) is 4. The van der Waals surface area contributed by atoms with Gasteiger partial charge in [0.05, 0.1) is 82.3 Å². The molecule has 8 aromatic carbocycles. The lowest BCUT2D eigenvalue weighted by molar-refractivity contribution is 0.0258. The van der Waals surface area contributed by atoms with Crippen molar-refractivity contribution in [1.29, 1.82) is 10.5 Å². The van der Waals surface area contributed by atoms with Gasteiger partial charge in [-0.05, 0) is 78.4 Å². The van der Waals surface area contributed by atoms with E-state index in [1.54, 1.807) is 128 Å². The Hall–Kier alpha value is -11.3. The maximum absolute atomic E-state index is 12.6. The second-order valence-electron chi connectivity index (χ2n) is 20.8. The van der Waals surface area contributed by atoms with Crippen molar-refractivity contribution in [3.05, 3.63) is 278 Å². The first-order valence-corrected chi connectivity index (χ1v) is 29.6. The number of ketones is 4. The number of esters is 4. The van der Waals surface area contributed by atoms with Gasteiger partial charge < -0.3 is 24.3 Å². The summed E-state index contributed by atoms with van der Waals surface area (Å²) in [5.74, 6) is -2.83. The topological polar surface area (TPSA) is 284 Å². The molecule has 0 saturated heterocycles. The molecule has 12 rings (SSSR count). The summed E-state index contributed by atoms with van der Waals surface area (Å²) < 4.78 is 43.3. The Bertz CT molecular complexity index is 4320. The molecule has 5 atom stereocenters. The van der Waals surface area contributed by atoms with Crippen LogP contribution in [0.1, 0.15) is 177 Å². The highest BCUT2D eigenvalue weighted by atomic mass is 32.2. The molecule has 4 aliphatic rings. The van der Waals surface area contributed by atoms with Gasteiger partial charge in [-0.15, -0.1) is 0 Å². The quantitative estimate of drug-likeness (QED) is 0.0601. The Morgan fingerprint density at radius 3 is 1.31 bits per heavy atom. The van der Waals surface area contributed by atoms with Crippen LogP contribution in [0, 0.1) is 28.6 Å². The van der Waals surface area contributed by atoms with Crippen LogP contribution in [0.4, 0.5) is 0 Å². The summed E-state index contributed by atoms with van der Waals surface area (Å²) in [4.78, 5) is 108. The third kappa shape index (κ3) is 14.4. The number of hydrogen-bond acceptors (Lipinski definition) is 17. The smallest absolute Gasteiger partial charge is 0.339 e. The van der Waals surface area contributed by atoms with Gasteiger partial charge in [-0.1, -0.05) is 128 Å². The third-order valence-electron chi connectivity index (χ3n) is 15.0. The molecule has 0 radical (unpaired) electrons. The predicted octanol–water partition coefficient (Wildman–Crippen LogP) is 11.4. The molecule has 0 bridgehead atoms. The third-order valence-corrected chi connectivity index (χ3v) is 16.2. The van der Waals surface area contributed by atoms with E-state index in [9.17, 15) is 51.6 Å². The first-order valence-electron chi connectivity index (χ1n) is 27.7. The van der Waals surface area contributed by atoms with Crippen molar-refractivity contribution in [1.82, 2.24) is 5.32 Å². The number of hydrogen-bond donors (Lipinski definition) is 1. The summed E-state index contributed by atoms with van der Waals surface area (Å²) in [6, 6.07) is 57.1. The summed E-state index contributed by atoms with van der Waals surface area (Å²) in [7, 11) is -2.00. The number of amides is 1. The number of nitrogens with one attached hydrogen (secondary N) is 1. The molecular weight excluding hydrogens is 1150 g/mol. The lowest BCUT2D eigenvalue weighted by Gasteiger charge is -2.18. The van der Waals surface area contributed by atoms with Crippen LogP contribution >= 0.6 is 0 Å². The van der Waals surface area contributed by atoms with Crippen molar-refractivity contribution in [3.8, 4) is 12.1 Å². The average molecular weight is 1210 g/mol. The van der Waals surface area contributed by atoms with E-state index < -0.39 is 52.0 Å². The Morgan fingerprint density at radius 1 is 0.483 bits per heavy atom. The molecule has 0 spiro atoms. The average Bonchev–Trinajstić information content (AvgIpc) is 2.05. The van der Waals surface area contributed by atoms with Crippen LogP contribution < -0.4 is 5.32 Å². The van der Waals surface area contributed by atoms with Crippen molar-refractivity contribution >= 4 is 62.8 Å². The predicted molar refractivity (Wildman–Crippen MR) is 320 cm³/mol. The highest BCUT2D eigenvalue weighted by Gasteiger charge is 2.38. The second-order valence-corrected chi connectivity index (χ2v) is 22.8. The van der Waals surface area contributed by atoms with Gasteiger partial charge in [0.25, 0.3) is 5.91 Å². The van der Waals surface area contributed by atoms with Crippen molar-refractivity contribution in [2.75, 3.05) is 13.4 Å². The van der Waals surface area contributed by atoms with Gasteiger partial charge >= 0.3 is 23.9 Å². The summed E-state index contributed by atoms with van der Waals surface area (Å²) in [5.41, 5.74) is 8.50. The van der Waals surface area contributed by atoms with Gasteiger partial charge in [-0.3, -0.25) is 24.0 Å². The van der Waals surface area contributed by atoms with Crippen LogP contribution in [-0.4, -0.2) is 74.7 Å². The van der Waals surface area contributed by atoms with Crippen molar-refractivity contribution in [2.45, 2.75) is 55.4 Å². The van der Waals surface area contributed by atoms with E-state index in [0.29, 0.717) is 66.8 Å². The number of carbonyl (C=O) groups excluding carboxylic acids is 9. The number of ether oxygens (including phenoxy) is 4. The fraction of sp³-hybridized carbons (Fsp3) is 0.157. The molecule has 0 aromatic heterocycles. The number of nitriles is 2. The van der Waals surface area contributed by atoms with Crippen molar-refractivity contribution in [3.63, 3.8) is 0 Å². The molecule has 0 fully saturated rings. The first-order chi connectivity index (χ1) is 42.8. The summed E-state index contributed by atoms with van der Waals surface area (Å²) in [5, 5.41) is 20.4. The molecule has 19 heteroatoms. The van der Waals surface area contributed by atoms with Crippen molar-refractivity contribution in [2.24, 2.45) is 5.92 Å². The summed E-state index contributed by atoms with van der Waals surface area (Å²) in [6.07, 6.45) is -0.298. The van der Waals surface area contributed by atoms with Gasteiger partial charge in [-0.25, -0.2) is 27.6 Å². The zero-order chi connectivity index (χ0) is 63.5. The number of sulfone groups is 1. The highest BCUT2D eigenvalue weighted by molar-refractivity contribution is 7.90. The zero-order valence-electron chi connectivity index (χ0n) is 47.9. The standard InChI is InChI=1S/C18H13NO3.C18H14O5.C17H12N2O2.C17H14O5S/c1-11(16(20)13-8-6-12(10-19)7-9-13)17-14-4-2-3-5-15(14)18(21)22-17;1-22-17(20)12-8-6-11(7-9-12)15(19)10-16-13-4-2-3-5-14(13)18(21)23-16;18-10-11-5-7-12(8-6-11)16(20)9-15-13-3-1-2-4-14(13)17(21)19-15;1-23(20,21)12-8-6-11(7-9-12)15(18)10-16-13-4-2-3-5-14(13)17(19)22-16/h2-9,11,17H,1H3;2-9,16H,10H2,1H3;1-8,15H,9H2,(H,19,21);2-9,16H,10H2,1H3. The molecule has 5 unspecified atom stereocenters. The van der Waals surface area contributed by atoms with Gasteiger partial charge in [0.1, 0.15) is 18.3 Å². The minimum Gasteiger partial charge on any atom is -0.465 e. The fourth-order valence-electron chi connectivity index (χ4n) is 10.3. The highest BCUT2D eigenvalue weighted by Crippen LogP contribution is 2.38. The van der Waals surface area contributed by atoms with E-state index in [-0.39, 0.29) is 65.2 Å². The number of nitrogens with zero attached hydrogens (tertiary/aromatic N) is 2. The number of fused-ring (bicyclic) bond motifs is 4. The van der Waals surface area contributed by atoms with Crippen LogP contribution in [0.5, 0.6) is 0 Å². The molecule has 89 heavy (non-hydrogen) atoms. The Morgan fingerprint density at radius 2 is 0.854 bits per heavy atom. The summed E-state index contributed by atoms with van der Waals surface area (Å²) >= 11 is 0. The SMILES string of the molecule is CC(C(=O)c1ccc(C#N)cc1)C1OC(=O)c2ccccc21.COC(=O)c1ccc(C(=O)CC2OC(=O)c3ccccc32)cc1.CS(=O)(=O)c1ccc(C(=O)CC2OC(=O)c3ccccc32)cc1.N#Cc1ccc(C(=O)CC2NC(=O)c3ccccc32)cc1. The Balaban J connectivity index is 0.000000141. The molecule has 1 N–H and O–H groups in total. The van der Waals surface area contributed by atoms with E-state index in [2.05, 4.69) is 10.1 Å². The maximum Gasteiger partial charge on any atom is 0.339 e. The molecular formula is C70H53N3O15S. The van der Waals surface area contributed by atoms with E-state index in [4.69, 9.17) is 24.7 Å². The Kier molecular flexibility index (Phi) is 19.2. The molecule has 444 valence electrons. The van der Waals surface area contributed by atoms with Gasteiger partial charge in [0.2, 0.25) is 0 Å². The van der Waals surface area contributed by atoms with Crippen LogP contribution in [0.3, 0.4) is 0 Å². The number of carbonyl (C=O) groups is 9. The van der Waals surface area contributed by atoms with E-state index in [0.717, 1.165) is 22.9 Å². The zero-order valence-corrected chi connectivity index (χ0v) is 48.7. The van der Waals surface area contributed by atoms with Crippen LogP contribution in [0.15, 0.2) is 199 Å². The Labute approximate surface area is 511 Å². The molecule has 0 saturated carbocycles. The van der Waals surface area contributed by atoms with Crippen LogP contribution in [-0.2, 0) is 28.8 Å². The molecule has 4 heterocycles. The minimum atomic E-state index is -3.30.